The highest BCUT2D eigenvalue weighted by atomic mass is 16.5. The number of carboxylic acids is 1. The number of aryl methyl sites for hydroxylation is 1. The Morgan fingerprint density at radius 3 is 2.21 bits per heavy atom. The average Bonchev–Trinajstić information content (AvgIpc) is 2.15. The van der Waals surface area contributed by atoms with Crippen molar-refractivity contribution >= 4 is 5.97 Å². The van der Waals surface area contributed by atoms with Gasteiger partial charge in [0.05, 0.1) is 5.56 Å². The summed E-state index contributed by atoms with van der Waals surface area (Å²) in [4.78, 5) is 10.5. The summed E-state index contributed by atoms with van der Waals surface area (Å²) in [6.07, 6.45) is -0.529. The highest BCUT2D eigenvalue weighted by molar-refractivity contribution is 5.87. The van der Waals surface area contributed by atoms with Crippen LogP contribution >= 0.6 is 0 Å². The number of aliphatic hydroxyl groups excluding tert-OH is 1. The summed E-state index contributed by atoms with van der Waals surface area (Å²) in [7, 11) is 0. The third-order valence-corrected chi connectivity index (χ3v) is 1.89. The van der Waals surface area contributed by atoms with Gasteiger partial charge in [-0.05, 0) is 24.1 Å². The number of benzene rings is 1. The Morgan fingerprint density at radius 2 is 1.79 bits per heavy atom. The van der Waals surface area contributed by atoms with Gasteiger partial charge in [-0.1, -0.05) is 12.1 Å². The average molecular weight is 196 g/mol. The van der Waals surface area contributed by atoms with Gasteiger partial charge >= 0.3 is 5.97 Å². The number of hydrogen-bond acceptors (Lipinski definition) is 3. The molecule has 1 aromatic rings. The molecule has 0 amide bonds. The Balaban J connectivity index is 2.60. The lowest BCUT2D eigenvalue weighted by molar-refractivity contribution is -0.0447. The third kappa shape index (κ3) is 3.16. The van der Waals surface area contributed by atoms with E-state index >= 15 is 0 Å². The topological polar surface area (TPSA) is 77.8 Å². The summed E-state index contributed by atoms with van der Waals surface area (Å²) in [5, 5.41) is 25.8. The number of carboxylic acid groups (broad SMARTS) is 1. The molecule has 0 aromatic heterocycles. The summed E-state index contributed by atoms with van der Waals surface area (Å²) in [6.45, 7) is 0. The zero-order valence-electron chi connectivity index (χ0n) is 7.55. The summed E-state index contributed by atoms with van der Waals surface area (Å²) >= 11 is 0. The molecule has 4 heteroatoms. The van der Waals surface area contributed by atoms with Crippen LogP contribution in [0, 0.1) is 0 Å². The summed E-state index contributed by atoms with van der Waals surface area (Å²) in [6, 6.07) is 6.35. The van der Waals surface area contributed by atoms with Gasteiger partial charge in [0, 0.05) is 6.42 Å². The molecule has 0 radical (unpaired) electrons. The molecule has 0 aliphatic heterocycles. The first-order valence-corrected chi connectivity index (χ1v) is 4.28. The van der Waals surface area contributed by atoms with Gasteiger partial charge in [-0.3, -0.25) is 0 Å². The second kappa shape index (κ2) is 4.74. The van der Waals surface area contributed by atoms with Crippen molar-refractivity contribution in [2.75, 3.05) is 0 Å². The number of aromatic carboxylic acids is 1. The van der Waals surface area contributed by atoms with E-state index in [1.807, 2.05) is 0 Å². The molecule has 1 aromatic carbocycles. The van der Waals surface area contributed by atoms with Crippen molar-refractivity contribution in [1.82, 2.24) is 0 Å². The van der Waals surface area contributed by atoms with Crippen molar-refractivity contribution in [1.29, 1.82) is 0 Å². The maximum atomic E-state index is 10.5. The molecule has 0 saturated carbocycles. The normalized spacial score (nSPS) is 10.5. The molecule has 0 saturated heterocycles. The van der Waals surface area contributed by atoms with E-state index in [4.69, 9.17) is 15.3 Å². The molecule has 0 unspecified atom stereocenters. The molecule has 1 rings (SSSR count). The monoisotopic (exact) mass is 196 g/mol. The highest BCUT2D eigenvalue weighted by Gasteiger charge is 2.02. The van der Waals surface area contributed by atoms with Gasteiger partial charge in [-0.15, -0.1) is 0 Å². The molecule has 76 valence electrons. The van der Waals surface area contributed by atoms with Gasteiger partial charge in [0.1, 0.15) is 0 Å². The van der Waals surface area contributed by atoms with Crippen molar-refractivity contribution in [2.45, 2.75) is 19.1 Å². The minimum atomic E-state index is -1.31. The van der Waals surface area contributed by atoms with Crippen LogP contribution in [-0.4, -0.2) is 27.6 Å². The van der Waals surface area contributed by atoms with E-state index in [0.29, 0.717) is 6.42 Å². The fourth-order valence-corrected chi connectivity index (χ4v) is 1.11. The van der Waals surface area contributed by atoms with Crippen molar-refractivity contribution in [3.05, 3.63) is 35.4 Å². The van der Waals surface area contributed by atoms with Crippen LogP contribution in [0.2, 0.25) is 0 Å². The molecule has 0 aliphatic rings. The SMILES string of the molecule is O=C(O)c1ccc(CCC(O)O)cc1. The van der Waals surface area contributed by atoms with Gasteiger partial charge in [-0.2, -0.15) is 0 Å². The van der Waals surface area contributed by atoms with E-state index in [0.717, 1.165) is 5.56 Å². The molecule has 0 spiro atoms. The van der Waals surface area contributed by atoms with E-state index in [1.54, 1.807) is 12.1 Å². The van der Waals surface area contributed by atoms with Crippen LogP contribution in [0.5, 0.6) is 0 Å². The van der Waals surface area contributed by atoms with Crippen LogP contribution in [0.4, 0.5) is 0 Å². The van der Waals surface area contributed by atoms with E-state index < -0.39 is 12.3 Å². The fraction of sp³-hybridized carbons (Fsp3) is 0.300. The summed E-state index contributed by atoms with van der Waals surface area (Å²) in [5.74, 6) is -0.959. The number of rotatable bonds is 4. The second-order valence-corrected chi connectivity index (χ2v) is 3.02. The Kier molecular flexibility index (Phi) is 3.62. The Labute approximate surface area is 81.4 Å². The van der Waals surface area contributed by atoms with Gasteiger partial charge in [-0.25, -0.2) is 4.79 Å². The van der Waals surface area contributed by atoms with Crippen molar-refractivity contribution < 1.29 is 20.1 Å². The predicted molar refractivity (Wildman–Crippen MR) is 49.9 cm³/mol. The minimum Gasteiger partial charge on any atom is -0.478 e. The lowest BCUT2D eigenvalue weighted by Crippen LogP contribution is -2.05. The quantitative estimate of drug-likeness (QED) is 0.617. The Bertz CT molecular complexity index is 302. The third-order valence-electron chi connectivity index (χ3n) is 1.89. The first-order valence-electron chi connectivity index (χ1n) is 4.28. The van der Waals surface area contributed by atoms with Crippen LogP contribution in [0.1, 0.15) is 22.3 Å². The Hall–Kier alpha value is -1.39. The molecular weight excluding hydrogens is 184 g/mol. The molecule has 0 atom stereocenters. The molecule has 4 nitrogen and oxygen atoms in total. The number of aliphatic hydroxyl groups is 2. The number of hydrogen-bond donors (Lipinski definition) is 3. The zero-order chi connectivity index (χ0) is 10.6. The van der Waals surface area contributed by atoms with E-state index in [1.165, 1.54) is 12.1 Å². The standard InChI is InChI=1S/C10H12O4/c11-9(12)6-3-7-1-4-8(5-2-7)10(13)14/h1-2,4-5,9,11-12H,3,6H2,(H,13,14). The van der Waals surface area contributed by atoms with Crippen LogP contribution in [0.3, 0.4) is 0 Å². The minimum absolute atomic E-state index is 0.235. The molecule has 0 fully saturated rings. The van der Waals surface area contributed by atoms with E-state index in [2.05, 4.69) is 0 Å². The smallest absolute Gasteiger partial charge is 0.335 e. The van der Waals surface area contributed by atoms with Gasteiger partial charge in [0.2, 0.25) is 0 Å². The lowest BCUT2D eigenvalue weighted by Gasteiger charge is -2.03. The van der Waals surface area contributed by atoms with E-state index in [-0.39, 0.29) is 12.0 Å². The van der Waals surface area contributed by atoms with Gasteiger partial charge in [0.25, 0.3) is 0 Å². The Morgan fingerprint density at radius 1 is 1.21 bits per heavy atom. The van der Waals surface area contributed by atoms with Crippen molar-refractivity contribution in [3.8, 4) is 0 Å². The summed E-state index contributed by atoms with van der Waals surface area (Å²) < 4.78 is 0. The lowest BCUT2D eigenvalue weighted by atomic mass is 10.1. The second-order valence-electron chi connectivity index (χ2n) is 3.02. The maximum Gasteiger partial charge on any atom is 0.335 e. The molecule has 0 aliphatic carbocycles. The van der Waals surface area contributed by atoms with Crippen molar-refractivity contribution in [3.63, 3.8) is 0 Å². The number of carbonyl (C=O) groups is 1. The first-order chi connectivity index (χ1) is 6.59. The first kappa shape index (κ1) is 10.7. The van der Waals surface area contributed by atoms with Crippen LogP contribution in [-0.2, 0) is 6.42 Å². The van der Waals surface area contributed by atoms with E-state index in [9.17, 15) is 4.79 Å². The van der Waals surface area contributed by atoms with Gasteiger partial charge < -0.3 is 15.3 Å². The summed E-state index contributed by atoms with van der Waals surface area (Å²) in [5.41, 5.74) is 1.13. The predicted octanol–water partition coefficient (Wildman–Crippen LogP) is 0.628. The largest absolute Gasteiger partial charge is 0.478 e. The maximum absolute atomic E-state index is 10.5. The fourth-order valence-electron chi connectivity index (χ4n) is 1.11. The van der Waals surface area contributed by atoms with Gasteiger partial charge in [0.15, 0.2) is 6.29 Å². The van der Waals surface area contributed by atoms with Crippen LogP contribution in [0.15, 0.2) is 24.3 Å². The molecule has 0 bridgehead atoms. The van der Waals surface area contributed by atoms with Crippen molar-refractivity contribution in [2.24, 2.45) is 0 Å². The zero-order valence-corrected chi connectivity index (χ0v) is 7.55. The van der Waals surface area contributed by atoms with Crippen LogP contribution in [0.25, 0.3) is 0 Å². The van der Waals surface area contributed by atoms with Crippen LogP contribution < -0.4 is 0 Å². The molecule has 0 heterocycles. The molecule has 14 heavy (non-hydrogen) atoms. The highest BCUT2D eigenvalue weighted by Crippen LogP contribution is 2.07. The molecule has 3 N–H and O–H groups in total. The molecular formula is C10H12O4.